The van der Waals surface area contributed by atoms with Crippen molar-refractivity contribution >= 4 is 92.4 Å². The lowest BCUT2D eigenvalue weighted by Gasteiger charge is -2.27. The van der Waals surface area contributed by atoms with E-state index >= 15 is 0 Å². The van der Waals surface area contributed by atoms with E-state index in [2.05, 4.69) is 193 Å². The number of para-hydroxylation sites is 1. The van der Waals surface area contributed by atoms with E-state index in [0.717, 1.165) is 83.2 Å². The van der Waals surface area contributed by atoms with Crippen molar-refractivity contribution in [2.24, 2.45) is 0 Å². The first kappa shape index (κ1) is 32.8. The molecule has 0 atom stereocenters. The normalized spacial score (nSPS) is 11.8. The van der Waals surface area contributed by atoms with Crippen LogP contribution in [0.2, 0.25) is 0 Å². The fraction of sp³-hybridized carbons (Fsp3) is 0. The van der Waals surface area contributed by atoms with E-state index in [0.29, 0.717) is 0 Å². The highest BCUT2D eigenvalue weighted by Gasteiger charge is 2.24. The van der Waals surface area contributed by atoms with Crippen LogP contribution in [0, 0.1) is 0 Å². The summed E-state index contributed by atoms with van der Waals surface area (Å²) in [6.07, 6.45) is 0. The van der Waals surface area contributed by atoms with Crippen LogP contribution in [0.1, 0.15) is 0 Å². The molecule has 3 heterocycles. The van der Waals surface area contributed by atoms with Crippen LogP contribution in [0.15, 0.2) is 209 Å². The van der Waals surface area contributed by atoms with Crippen LogP contribution in [0.3, 0.4) is 0 Å². The van der Waals surface area contributed by atoms with Crippen molar-refractivity contribution in [1.29, 1.82) is 0 Å². The van der Waals surface area contributed by atoms with Crippen molar-refractivity contribution in [3.8, 4) is 33.4 Å². The maximum atomic E-state index is 6.76. The van der Waals surface area contributed by atoms with Crippen molar-refractivity contribution in [3.05, 3.63) is 200 Å². The summed E-state index contributed by atoms with van der Waals surface area (Å²) in [5.41, 5.74) is 13.6. The maximum Gasteiger partial charge on any atom is 0.137 e. The highest BCUT2D eigenvalue weighted by atomic mass is 32.1. The van der Waals surface area contributed by atoms with Gasteiger partial charge in [0.2, 0.25) is 0 Å². The molecule has 0 radical (unpaired) electrons. The number of fused-ring (bicyclic) bond motifs is 9. The molecule has 0 aliphatic rings. The molecule has 58 heavy (non-hydrogen) atoms. The SMILES string of the molecule is c1ccc(-c2cc(-c3ccccc3)c3c(c2)oc2ccc(N(c4ccc5c(c4)oc4ccccc45)c4ccc(-c5ccccc5)c5sc6ccccc6c45)cc23)cc1. The van der Waals surface area contributed by atoms with E-state index in [4.69, 9.17) is 8.83 Å². The Bertz CT molecular complexity index is 3510. The summed E-state index contributed by atoms with van der Waals surface area (Å²) in [6.45, 7) is 0. The number of thiophene rings is 1. The summed E-state index contributed by atoms with van der Waals surface area (Å²) in [7, 11) is 0. The molecule has 0 spiro atoms. The van der Waals surface area contributed by atoms with Crippen LogP contribution in [0.4, 0.5) is 17.1 Å². The molecule has 272 valence electrons. The Kier molecular flexibility index (Phi) is 7.40. The molecule has 3 aromatic heterocycles. The van der Waals surface area contributed by atoms with Crippen LogP contribution in [0.25, 0.3) is 97.4 Å². The van der Waals surface area contributed by atoms with E-state index in [1.165, 1.54) is 31.3 Å². The highest BCUT2D eigenvalue weighted by molar-refractivity contribution is 7.26. The van der Waals surface area contributed by atoms with Crippen molar-refractivity contribution in [2.45, 2.75) is 0 Å². The summed E-state index contributed by atoms with van der Waals surface area (Å²) in [5, 5.41) is 6.83. The molecular weight excluding hydrogens is 727 g/mol. The first-order valence-electron chi connectivity index (χ1n) is 19.6. The van der Waals surface area contributed by atoms with Gasteiger partial charge >= 0.3 is 0 Å². The van der Waals surface area contributed by atoms with Crippen LogP contribution in [0.5, 0.6) is 0 Å². The summed E-state index contributed by atoms with van der Waals surface area (Å²) < 4.78 is 15.8. The van der Waals surface area contributed by atoms with E-state index in [1.54, 1.807) is 0 Å². The third-order valence-electron chi connectivity index (χ3n) is 11.5. The molecule has 0 fully saturated rings. The Morgan fingerprint density at radius 2 is 0.948 bits per heavy atom. The van der Waals surface area contributed by atoms with Gasteiger partial charge in [-0.2, -0.15) is 0 Å². The molecule has 0 saturated carbocycles. The summed E-state index contributed by atoms with van der Waals surface area (Å²) in [6, 6.07) is 71.4. The zero-order valence-corrected chi connectivity index (χ0v) is 32.0. The molecule has 12 aromatic rings. The van der Waals surface area contributed by atoms with Gasteiger partial charge in [-0.05, 0) is 94.0 Å². The fourth-order valence-electron chi connectivity index (χ4n) is 8.80. The standard InChI is InChI=1S/C54H33NO2S/c1-4-14-34(15-5-1)37-30-44(36-18-8-3-9-19-36)52-45-32-38(25-29-48(45)57-50(52)31-37)55(39-24-26-42-41-20-10-12-22-47(41)56-49(42)33-39)46-28-27-40(35-16-6-2-7-17-35)54-53(46)43-21-11-13-23-51(43)58-54/h1-33H. The number of hydrogen-bond donors (Lipinski definition) is 0. The lowest BCUT2D eigenvalue weighted by atomic mass is 9.94. The topological polar surface area (TPSA) is 29.5 Å². The van der Waals surface area contributed by atoms with E-state index in [-0.39, 0.29) is 0 Å². The minimum absolute atomic E-state index is 0.847. The van der Waals surface area contributed by atoms with Crippen molar-refractivity contribution < 1.29 is 8.83 Å². The van der Waals surface area contributed by atoms with Gasteiger partial charge in [-0.1, -0.05) is 133 Å². The first-order valence-corrected chi connectivity index (χ1v) is 20.4. The largest absolute Gasteiger partial charge is 0.456 e. The van der Waals surface area contributed by atoms with Crippen molar-refractivity contribution in [3.63, 3.8) is 0 Å². The van der Waals surface area contributed by atoms with Gasteiger partial charge in [0.05, 0.1) is 5.69 Å². The van der Waals surface area contributed by atoms with Gasteiger partial charge in [0.15, 0.2) is 0 Å². The first-order chi connectivity index (χ1) is 28.7. The molecule has 0 bridgehead atoms. The molecule has 4 heteroatoms. The smallest absolute Gasteiger partial charge is 0.137 e. The minimum atomic E-state index is 0.847. The second kappa shape index (κ2) is 13.1. The Morgan fingerprint density at radius 1 is 0.345 bits per heavy atom. The Labute approximate surface area is 338 Å². The molecule has 3 nitrogen and oxygen atoms in total. The number of anilines is 3. The van der Waals surface area contributed by atoms with E-state index in [9.17, 15) is 0 Å². The quantitative estimate of drug-likeness (QED) is 0.169. The second-order valence-electron chi connectivity index (χ2n) is 14.8. The number of rotatable bonds is 6. The number of hydrogen-bond acceptors (Lipinski definition) is 4. The molecule has 0 unspecified atom stereocenters. The van der Waals surface area contributed by atoms with Crippen molar-refractivity contribution in [2.75, 3.05) is 4.90 Å². The van der Waals surface area contributed by atoms with Gasteiger partial charge in [0.1, 0.15) is 22.3 Å². The molecule has 0 saturated heterocycles. The van der Waals surface area contributed by atoms with Crippen LogP contribution in [-0.4, -0.2) is 0 Å². The molecule has 0 amide bonds. The highest BCUT2D eigenvalue weighted by Crippen LogP contribution is 2.50. The predicted molar refractivity (Wildman–Crippen MR) is 245 cm³/mol. The summed E-state index contributed by atoms with van der Waals surface area (Å²) in [4.78, 5) is 2.40. The Balaban J connectivity index is 1.15. The van der Waals surface area contributed by atoms with Gasteiger partial charge in [0.25, 0.3) is 0 Å². The molecule has 9 aromatic carbocycles. The number of furan rings is 2. The van der Waals surface area contributed by atoms with E-state index < -0.39 is 0 Å². The molecule has 0 aliphatic heterocycles. The molecule has 12 rings (SSSR count). The van der Waals surface area contributed by atoms with Crippen molar-refractivity contribution in [1.82, 2.24) is 0 Å². The van der Waals surface area contributed by atoms with Gasteiger partial charge in [0, 0.05) is 59.2 Å². The third kappa shape index (κ3) is 5.19. The monoisotopic (exact) mass is 759 g/mol. The predicted octanol–water partition coefficient (Wildman–Crippen LogP) is 16.3. The van der Waals surface area contributed by atoms with Gasteiger partial charge in [-0.3, -0.25) is 0 Å². The summed E-state index contributed by atoms with van der Waals surface area (Å²) >= 11 is 1.86. The number of benzene rings is 9. The lowest BCUT2D eigenvalue weighted by Crippen LogP contribution is -2.10. The van der Waals surface area contributed by atoms with Crippen LogP contribution < -0.4 is 4.90 Å². The molecule has 0 N–H and O–H groups in total. The summed E-state index contributed by atoms with van der Waals surface area (Å²) in [5.74, 6) is 0. The second-order valence-corrected chi connectivity index (χ2v) is 15.9. The average Bonchev–Trinajstić information content (AvgIpc) is 3.98. The zero-order valence-electron chi connectivity index (χ0n) is 31.2. The van der Waals surface area contributed by atoms with Crippen LogP contribution >= 0.6 is 11.3 Å². The van der Waals surface area contributed by atoms with Crippen LogP contribution in [-0.2, 0) is 0 Å². The third-order valence-corrected chi connectivity index (χ3v) is 12.7. The fourth-order valence-corrected chi connectivity index (χ4v) is 10.1. The lowest BCUT2D eigenvalue weighted by molar-refractivity contribution is 0.668. The maximum absolute atomic E-state index is 6.76. The Morgan fingerprint density at radius 3 is 1.74 bits per heavy atom. The van der Waals surface area contributed by atoms with Gasteiger partial charge in [-0.15, -0.1) is 11.3 Å². The number of nitrogens with zero attached hydrogens (tertiary/aromatic N) is 1. The average molecular weight is 760 g/mol. The zero-order chi connectivity index (χ0) is 38.2. The van der Waals surface area contributed by atoms with E-state index in [1.807, 2.05) is 23.5 Å². The molecular formula is C54H33NO2S. The Hall–Kier alpha value is -7.40. The van der Waals surface area contributed by atoms with Gasteiger partial charge < -0.3 is 13.7 Å². The van der Waals surface area contributed by atoms with Gasteiger partial charge in [-0.25, -0.2) is 0 Å². The minimum Gasteiger partial charge on any atom is -0.456 e. The molecule has 0 aliphatic carbocycles.